The largest absolute Gasteiger partial charge is 0.348 e. The van der Waals surface area contributed by atoms with Gasteiger partial charge in [0.2, 0.25) is 0 Å². The second kappa shape index (κ2) is 5.27. The van der Waals surface area contributed by atoms with Gasteiger partial charge in [-0.1, -0.05) is 6.07 Å². The fourth-order valence-corrected chi connectivity index (χ4v) is 2.24. The van der Waals surface area contributed by atoms with Crippen LogP contribution in [0.5, 0.6) is 0 Å². The Morgan fingerprint density at radius 1 is 1.59 bits per heavy atom. The van der Waals surface area contributed by atoms with Crippen LogP contribution < -0.4 is 10.6 Å². The van der Waals surface area contributed by atoms with Crippen LogP contribution in [0.25, 0.3) is 0 Å². The van der Waals surface area contributed by atoms with Crippen LogP contribution in [0.1, 0.15) is 35.8 Å². The van der Waals surface area contributed by atoms with E-state index in [1.54, 1.807) is 6.20 Å². The number of carbonyl (C=O) groups excluding carboxylic acids is 1. The molecule has 1 aliphatic rings. The molecule has 0 saturated carbocycles. The van der Waals surface area contributed by atoms with E-state index in [0.29, 0.717) is 11.7 Å². The zero-order valence-electron chi connectivity index (χ0n) is 10.4. The Kier molecular flexibility index (Phi) is 3.74. The number of hydrogen-bond donors (Lipinski definition) is 2. The highest BCUT2D eigenvalue weighted by Gasteiger charge is 2.21. The second-order valence-electron chi connectivity index (χ2n) is 4.72. The van der Waals surface area contributed by atoms with Gasteiger partial charge < -0.3 is 10.6 Å². The Morgan fingerprint density at radius 2 is 2.41 bits per heavy atom. The minimum Gasteiger partial charge on any atom is -0.348 e. The Balaban J connectivity index is 1.99. The third kappa shape index (κ3) is 3.03. The van der Waals surface area contributed by atoms with Gasteiger partial charge in [-0.3, -0.25) is 9.78 Å². The van der Waals surface area contributed by atoms with Crippen molar-refractivity contribution in [2.75, 3.05) is 6.54 Å². The summed E-state index contributed by atoms with van der Waals surface area (Å²) in [6, 6.07) is 4.49. The summed E-state index contributed by atoms with van der Waals surface area (Å²) < 4.78 is 0. The van der Waals surface area contributed by atoms with Gasteiger partial charge in [-0.25, -0.2) is 0 Å². The average molecular weight is 233 g/mol. The van der Waals surface area contributed by atoms with E-state index < -0.39 is 0 Å². The Labute approximate surface area is 102 Å². The molecule has 92 valence electrons. The van der Waals surface area contributed by atoms with Gasteiger partial charge in [0, 0.05) is 18.3 Å². The summed E-state index contributed by atoms with van der Waals surface area (Å²) in [4.78, 5) is 16.2. The number of hydrogen-bond acceptors (Lipinski definition) is 3. The van der Waals surface area contributed by atoms with Gasteiger partial charge in [-0.15, -0.1) is 0 Å². The molecule has 0 spiro atoms. The number of nitrogens with one attached hydrogen (secondary N) is 2. The van der Waals surface area contributed by atoms with Gasteiger partial charge >= 0.3 is 0 Å². The molecule has 1 amide bonds. The average Bonchev–Trinajstić information content (AvgIpc) is 2.29. The zero-order chi connectivity index (χ0) is 12.3. The number of rotatable bonds is 2. The minimum absolute atomic E-state index is 0.0535. The van der Waals surface area contributed by atoms with E-state index in [-0.39, 0.29) is 11.9 Å². The molecular weight excluding hydrogens is 214 g/mol. The highest BCUT2D eigenvalue weighted by Crippen LogP contribution is 2.10. The summed E-state index contributed by atoms with van der Waals surface area (Å²) in [6.45, 7) is 5.02. The van der Waals surface area contributed by atoms with Crippen LogP contribution in [0.3, 0.4) is 0 Å². The summed E-state index contributed by atoms with van der Waals surface area (Å²) in [5.41, 5.74) is 1.46. The molecule has 0 bridgehead atoms. The molecular formula is C13H19N3O. The Morgan fingerprint density at radius 3 is 3.12 bits per heavy atom. The predicted molar refractivity (Wildman–Crippen MR) is 66.9 cm³/mol. The number of nitrogens with zero attached hydrogens (tertiary/aromatic N) is 1. The van der Waals surface area contributed by atoms with Crippen LogP contribution in [-0.2, 0) is 0 Å². The SMILES string of the molecule is Cc1cccnc1C(=O)NC1CCNC(C)C1. The molecule has 1 aromatic rings. The predicted octanol–water partition coefficient (Wildman–Crippen LogP) is 1.26. The number of amides is 1. The first kappa shape index (κ1) is 12.0. The van der Waals surface area contributed by atoms with E-state index >= 15 is 0 Å². The molecule has 0 radical (unpaired) electrons. The molecule has 0 aliphatic carbocycles. The summed E-state index contributed by atoms with van der Waals surface area (Å²) in [6.07, 6.45) is 3.63. The molecule has 2 rings (SSSR count). The van der Waals surface area contributed by atoms with Crippen molar-refractivity contribution < 1.29 is 4.79 Å². The summed E-state index contributed by atoms with van der Waals surface area (Å²) in [5.74, 6) is -0.0535. The molecule has 1 aromatic heterocycles. The van der Waals surface area contributed by atoms with E-state index in [4.69, 9.17) is 0 Å². The van der Waals surface area contributed by atoms with Crippen molar-refractivity contribution >= 4 is 5.91 Å². The fourth-order valence-electron chi connectivity index (χ4n) is 2.24. The highest BCUT2D eigenvalue weighted by molar-refractivity contribution is 5.93. The van der Waals surface area contributed by atoms with Gasteiger partial charge in [-0.05, 0) is 44.9 Å². The van der Waals surface area contributed by atoms with Gasteiger partial charge in [-0.2, -0.15) is 0 Å². The van der Waals surface area contributed by atoms with E-state index in [0.717, 1.165) is 24.9 Å². The number of pyridine rings is 1. The smallest absolute Gasteiger partial charge is 0.270 e. The van der Waals surface area contributed by atoms with Crippen LogP contribution in [0.2, 0.25) is 0 Å². The molecule has 2 atom stereocenters. The lowest BCUT2D eigenvalue weighted by Gasteiger charge is -2.28. The third-order valence-corrected chi connectivity index (χ3v) is 3.18. The third-order valence-electron chi connectivity index (χ3n) is 3.18. The minimum atomic E-state index is -0.0535. The summed E-state index contributed by atoms with van der Waals surface area (Å²) in [7, 11) is 0. The van der Waals surface area contributed by atoms with Gasteiger partial charge in [0.15, 0.2) is 0 Å². The summed E-state index contributed by atoms with van der Waals surface area (Å²) in [5, 5.41) is 6.43. The first-order valence-corrected chi connectivity index (χ1v) is 6.12. The number of aryl methyl sites for hydroxylation is 1. The Bertz CT molecular complexity index is 405. The van der Waals surface area contributed by atoms with Crippen LogP contribution in [-0.4, -0.2) is 29.5 Å². The van der Waals surface area contributed by atoms with Crippen LogP contribution in [0.15, 0.2) is 18.3 Å². The quantitative estimate of drug-likeness (QED) is 0.808. The normalized spacial score (nSPS) is 24.4. The molecule has 1 fully saturated rings. The topological polar surface area (TPSA) is 54.0 Å². The molecule has 4 nitrogen and oxygen atoms in total. The molecule has 1 aliphatic heterocycles. The fraction of sp³-hybridized carbons (Fsp3) is 0.538. The molecule has 17 heavy (non-hydrogen) atoms. The number of carbonyl (C=O) groups is 1. The van der Waals surface area contributed by atoms with Crippen molar-refractivity contribution in [1.82, 2.24) is 15.6 Å². The zero-order valence-corrected chi connectivity index (χ0v) is 10.4. The molecule has 2 N–H and O–H groups in total. The van der Waals surface area contributed by atoms with Crippen molar-refractivity contribution in [1.29, 1.82) is 0 Å². The van der Waals surface area contributed by atoms with Crippen molar-refractivity contribution in [3.63, 3.8) is 0 Å². The highest BCUT2D eigenvalue weighted by atomic mass is 16.1. The monoisotopic (exact) mass is 233 g/mol. The standard InChI is InChI=1S/C13H19N3O/c1-9-4-3-6-15-12(9)13(17)16-11-5-7-14-10(2)8-11/h3-4,6,10-11,14H,5,7-8H2,1-2H3,(H,16,17). The lowest BCUT2D eigenvalue weighted by atomic mass is 10.0. The van der Waals surface area contributed by atoms with Crippen LogP contribution in [0.4, 0.5) is 0 Å². The molecule has 4 heteroatoms. The number of piperidine rings is 1. The molecule has 1 saturated heterocycles. The maximum absolute atomic E-state index is 12.0. The van der Waals surface area contributed by atoms with Gasteiger partial charge in [0.05, 0.1) is 0 Å². The van der Waals surface area contributed by atoms with E-state index in [1.807, 2.05) is 19.1 Å². The molecule has 2 heterocycles. The van der Waals surface area contributed by atoms with Crippen LogP contribution in [0, 0.1) is 6.92 Å². The molecule has 0 aromatic carbocycles. The van der Waals surface area contributed by atoms with Crippen molar-refractivity contribution in [2.24, 2.45) is 0 Å². The first-order valence-electron chi connectivity index (χ1n) is 6.12. The van der Waals surface area contributed by atoms with Crippen molar-refractivity contribution in [3.05, 3.63) is 29.6 Å². The lowest BCUT2D eigenvalue weighted by molar-refractivity contribution is 0.0920. The number of aromatic nitrogens is 1. The Hall–Kier alpha value is -1.42. The van der Waals surface area contributed by atoms with Crippen LogP contribution >= 0.6 is 0 Å². The lowest BCUT2D eigenvalue weighted by Crippen LogP contribution is -2.46. The van der Waals surface area contributed by atoms with E-state index in [2.05, 4.69) is 22.5 Å². The molecule has 2 unspecified atom stereocenters. The van der Waals surface area contributed by atoms with E-state index in [1.165, 1.54) is 0 Å². The van der Waals surface area contributed by atoms with Crippen molar-refractivity contribution in [3.8, 4) is 0 Å². The van der Waals surface area contributed by atoms with E-state index in [9.17, 15) is 4.79 Å². The maximum Gasteiger partial charge on any atom is 0.270 e. The maximum atomic E-state index is 12.0. The van der Waals surface area contributed by atoms with Crippen molar-refractivity contribution in [2.45, 2.75) is 38.8 Å². The van der Waals surface area contributed by atoms with Gasteiger partial charge in [0.1, 0.15) is 5.69 Å². The summed E-state index contributed by atoms with van der Waals surface area (Å²) >= 11 is 0. The van der Waals surface area contributed by atoms with Gasteiger partial charge in [0.25, 0.3) is 5.91 Å². The first-order chi connectivity index (χ1) is 8.16. The second-order valence-corrected chi connectivity index (χ2v) is 4.72.